The first-order chi connectivity index (χ1) is 10.3. The molecule has 0 aliphatic rings. The van der Waals surface area contributed by atoms with Crippen LogP contribution in [0.3, 0.4) is 0 Å². The van der Waals surface area contributed by atoms with Crippen molar-refractivity contribution >= 4 is 11.9 Å². The summed E-state index contributed by atoms with van der Waals surface area (Å²) < 4.78 is 5.52. The monoisotopic (exact) mass is 305 g/mol. The van der Waals surface area contributed by atoms with Crippen LogP contribution in [0.25, 0.3) is 0 Å². The Morgan fingerprint density at radius 1 is 1.45 bits per heavy atom. The molecule has 1 aromatic rings. The molecule has 0 spiro atoms. The molecule has 0 fully saturated rings. The second-order valence-corrected chi connectivity index (χ2v) is 5.58. The number of carboxylic acids is 1. The van der Waals surface area contributed by atoms with E-state index in [4.69, 9.17) is 9.52 Å². The molecular formula is C17H23NO4. The fourth-order valence-corrected chi connectivity index (χ4v) is 2.03. The molecule has 0 radical (unpaired) electrons. The molecule has 120 valence electrons. The van der Waals surface area contributed by atoms with Gasteiger partial charge in [0.25, 0.3) is 5.91 Å². The van der Waals surface area contributed by atoms with Crippen molar-refractivity contribution in [2.24, 2.45) is 5.92 Å². The van der Waals surface area contributed by atoms with Crippen LogP contribution in [0.2, 0.25) is 0 Å². The van der Waals surface area contributed by atoms with Crippen LogP contribution < -0.4 is 5.32 Å². The number of hydrogen-bond donors (Lipinski definition) is 2. The summed E-state index contributed by atoms with van der Waals surface area (Å²) >= 11 is 0. The van der Waals surface area contributed by atoms with Gasteiger partial charge in [-0.05, 0) is 30.9 Å². The largest absolute Gasteiger partial charge is 0.480 e. The van der Waals surface area contributed by atoms with E-state index in [1.807, 2.05) is 26.8 Å². The first kappa shape index (κ1) is 17.8. The Labute approximate surface area is 130 Å². The second-order valence-electron chi connectivity index (χ2n) is 5.58. The predicted octanol–water partition coefficient (Wildman–Crippen LogP) is 3.10. The fraction of sp³-hybridized carbons (Fsp3) is 0.412. The normalized spacial score (nSPS) is 12.5. The highest BCUT2D eigenvalue weighted by molar-refractivity contribution is 5.94. The first-order valence-electron chi connectivity index (χ1n) is 7.25. The molecule has 0 saturated heterocycles. The minimum atomic E-state index is -1.04. The maximum absolute atomic E-state index is 12.1. The minimum absolute atomic E-state index is 0.134. The van der Waals surface area contributed by atoms with Crippen LogP contribution in [-0.4, -0.2) is 23.0 Å². The molecule has 0 aliphatic carbocycles. The number of furan rings is 1. The number of allylic oxidation sites excluding steroid dienone is 3. The Kier molecular flexibility index (Phi) is 6.63. The Morgan fingerprint density at radius 3 is 2.68 bits per heavy atom. The van der Waals surface area contributed by atoms with Crippen LogP contribution in [0, 0.1) is 12.8 Å². The van der Waals surface area contributed by atoms with Gasteiger partial charge in [0.05, 0.1) is 0 Å². The number of hydrogen-bond acceptors (Lipinski definition) is 3. The number of carboxylic acid groups (broad SMARTS) is 1. The summed E-state index contributed by atoms with van der Waals surface area (Å²) in [6.45, 7) is 9.24. The summed E-state index contributed by atoms with van der Waals surface area (Å²) in [4.78, 5) is 23.3. The van der Waals surface area contributed by atoms with Gasteiger partial charge in [0, 0.05) is 6.42 Å². The van der Waals surface area contributed by atoms with Crippen LogP contribution in [0.4, 0.5) is 0 Å². The quantitative estimate of drug-likeness (QED) is 0.723. The lowest BCUT2D eigenvalue weighted by Crippen LogP contribution is -2.41. The number of carbonyl (C=O) groups excluding carboxylic acids is 1. The molecule has 5 nitrogen and oxygen atoms in total. The first-order valence-corrected chi connectivity index (χ1v) is 7.25. The molecule has 1 amide bonds. The van der Waals surface area contributed by atoms with Crippen molar-refractivity contribution in [2.45, 2.75) is 39.7 Å². The lowest BCUT2D eigenvalue weighted by atomic mass is 10.0. The predicted molar refractivity (Wildman–Crippen MR) is 84.8 cm³/mol. The molecule has 1 unspecified atom stereocenters. The summed E-state index contributed by atoms with van der Waals surface area (Å²) in [5.41, 5.74) is 0.856. The molecule has 1 rings (SSSR count). The molecular weight excluding hydrogens is 282 g/mol. The highest BCUT2D eigenvalue weighted by Gasteiger charge is 2.23. The van der Waals surface area contributed by atoms with Gasteiger partial charge < -0.3 is 14.8 Å². The third-order valence-corrected chi connectivity index (χ3v) is 3.13. The van der Waals surface area contributed by atoms with Crippen LogP contribution in [0.15, 0.2) is 35.3 Å². The maximum Gasteiger partial charge on any atom is 0.326 e. The van der Waals surface area contributed by atoms with E-state index in [1.165, 1.54) is 0 Å². The molecule has 1 heterocycles. The van der Waals surface area contributed by atoms with Crippen molar-refractivity contribution in [3.05, 3.63) is 48.0 Å². The summed E-state index contributed by atoms with van der Waals surface area (Å²) in [5.74, 6) is -0.567. The van der Waals surface area contributed by atoms with Crippen LogP contribution in [0.5, 0.6) is 0 Å². The van der Waals surface area contributed by atoms with E-state index in [0.717, 1.165) is 5.56 Å². The average molecular weight is 305 g/mol. The van der Waals surface area contributed by atoms with Crippen molar-refractivity contribution in [3.8, 4) is 0 Å². The smallest absolute Gasteiger partial charge is 0.326 e. The molecule has 1 atom stereocenters. The number of amides is 1. The topological polar surface area (TPSA) is 79.5 Å². The van der Waals surface area contributed by atoms with Gasteiger partial charge in [-0.2, -0.15) is 0 Å². The second kappa shape index (κ2) is 8.22. The summed E-state index contributed by atoms with van der Waals surface area (Å²) in [5, 5.41) is 11.7. The van der Waals surface area contributed by atoms with E-state index in [9.17, 15) is 9.59 Å². The fourth-order valence-electron chi connectivity index (χ4n) is 2.03. The number of nitrogens with one attached hydrogen (secondary N) is 1. The highest BCUT2D eigenvalue weighted by Crippen LogP contribution is 2.16. The number of carbonyl (C=O) groups is 2. The molecule has 1 aromatic heterocycles. The van der Waals surface area contributed by atoms with Crippen molar-refractivity contribution in [2.75, 3.05) is 0 Å². The van der Waals surface area contributed by atoms with E-state index in [-0.39, 0.29) is 11.7 Å². The lowest BCUT2D eigenvalue weighted by molar-refractivity contribution is -0.139. The van der Waals surface area contributed by atoms with Crippen molar-refractivity contribution in [3.63, 3.8) is 0 Å². The van der Waals surface area contributed by atoms with E-state index in [1.54, 1.807) is 18.2 Å². The van der Waals surface area contributed by atoms with Crippen molar-refractivity contribution in [1.82, 2.24) is 5.32 Å². The van der Waals surface area contributed by atoms with E-state index < -0.39 is 17.9 Å². The van der Waals surface area contributed by atoms with Gasteiger partial charge in [-0.15, -0.1) is 0 Å². The Morgan fingerprint density at radius 2 is 2.14 bits per heavy atom. The van der Waals surface area contributed by atoms with Gasteiger partial charge in [0.1, 0.15) is 11.8 Å². The lowest BCUT2D eigenvalue weighted by Gasteiger charge is -2.15. The third kappa shape index (κ3) is 5.24. The Balaban J connectivity index is 2.80. The van der Waals surface area contributed by atoms with E-state index >= 15 is 0 Å². The SMILES string of the molecule is C=C/C=C\Cc1oc(C(=O)NC(CC(C)C)C(=O)O)cc1C. The van der Waals surface area contributed by atoms with Gasteiger partial charge in [-0.3, -0.25) is 4.79 Å². The van der Waals surface area contributed by atoms with Gasteiger partial charge in [0.15, 0.2) is 5.76 Å². The summed E-state index contributed by atoms with van der Waals surface area (Å²) in [7, 11) is 0. The zero-order chi connectivity index (χ0) is 16.7. The van der Waals surface area contributed by atoms with E-state index in [2.05, 4.69) is 11.9 Å². The molecule has 5 heteroatoms. The van der Waals surface area contributed by atoms with Crippen LogP contribution in [0.1, 0.15) is 42.1 Å². The molecule has 22 heavy (non-hydrogen) atoms. The minimum Gasteiger partial charge on any atom is -0.480 e. The number of aliphatic carboxylic acids is 1. The Hall–Kier alpha value is -2.30. The molecule has 0 aromatic carbocycles. The van der Waals surface area contributed by atoms with E-state index in [0.29, 0.717) is 18.6 Å². The zero-order valence-corrected chi connectivity index (χ0v) is 13.3. The van der Waals surface area contributed by atoms with Crippen molar-refractivity contribution in [1.29, 1.82) is 0 Å². The molecule has 0 saturated carbocycles. The summed E-state index contributed by atoms with van der Waals surface area (Å²) in [6, 6.07) is 0.711. The van der Waals surface area contributed by atoms with Crippen LogP contribution >= 0.6 is 0 Å². The van der Waals surface area contributed by atoms with Gasteiger partial charge in [-0.1, -0.05) is 38.7 Å². The standard InChI is InChI=1S/C17H23NO4/c1-5-6-7-8-14-12(4)10-15(22-14)16(19)18-13(17(20)21)9-11(2)3/h5-7,10-11,13H,1,8-9H2,2-4H3,(H,18,19)(H,20,21)/b7-6-. The highest BCUT2D eigenvalue weighted by atomic mass is 16.4. The molecule has 0 aliphatic heterocycles. The Bertz CT molecular complexity index is 569. The number of aryl methyl sites for hydroxylation is 1. The third-order valence-electron chi connectivity index (χ3n) is 3.13. The molecule has 2 N–H and O–H groups in total. The molecule has 0 bridgehead atoms. The van der Waals surface area contributed by atoms with Gasteiger partial charge >= 0.3 is 5.97 Å². The van der Waals surface area contributed by atoms with Gasteiger partial charge in [0.2, 0.25) is 0 Å². The average Bonchev–Trinajstić information content (AvgIpc) is 2.79. The zero-order valence-electron chi connectivity index (χ0n) is 13.3. The van der Waals surface area contributed by atoms with Crippen molar-refractivity contribution < 1.29 is 19.1 Å². The summed E-state index contributed by atoms with van der Waals surface area (Å²) in [6.07, 6.45) is 6.26. The maximum atomic E-state index is 12.1. The van der Waals surface area contributed by atoms with Crippen LogP contribution in [-0.2, 0) is 11.2 Å². The number of rotatable bonds is 8. The van der Waals surface area contributed by atoms with Gasteiger partial charge in [-0.25, -0.2) is 4.79 Å².